The summed E-state index contributed by atoms with van der Waals surface area (Å²) in [6.07, 6.45) is 0.0633. The molecule has 0 amide bonds. The van der Waals surface area contributed by atoms with Crippen LogP contribution in [0.25, 0.3) is 0 Å². The molecule has 0 saturated carbocycles. The molecule has 6 nitrogen and oxygen atoms in total. The number of nitro groups is 1. The molecular formula is C14H14N2O4S. The highest BCUT2D eigenvalue weighted by Crippen LogP contribution is 2.22. The lowest BCUT2D eigenvalue weighted by Crippen LogP contribution is -2.12. The molecule has 0 heterocycles. The third-order valence-corrected chi connectivity index (χ3v) is 4.87. The first-order valence-electron chi connectivity index (χ1n) is 6.21. The number of nitrogens with two attached hydrogens (primary N) is 1. The molecule has 0 atom stereocenters. The van der Waals surface area contributed by atoms with Crippen molar-refractivity contribution in [2.24, 2.45) is 0 Å². The summed E-state index contributed by atoms with van der Waals surface area (Å²) in [6.45, 7) is 0. The van der Waals surface area contributed by atoms with Crippen LogP contribution in [0.2, 0.25) is 0 Å². The smallest absolute Gasteiger partial charge is 0.272 e. The lowest BCUT2D eigenvalue weighted by atomic mass is 10.1. The van der Waals surface area contributed by atoms with E-state index in [4.69, 9.17) is 5.73 Å². The van der Waals surface area contributed by atoms with Crippen LogP contribution in [0.4, 0.5) is 11.4 Å². The van der Waals surface area contributed by atoms with Gasteiger partial charge in [0.1, 0.15) is 0 Å². The molecule has 21 heavy (non-hydrogen) atoms. The van der Waals surface area contributed by atoms with E-state index >= 15 is 0 Å². The van der Waals surface area contributed by atoms with Gasteiger partial charge in [-0.15, -0.1) is 0 Å². The summed E-state index contributed by atoms with van der Waals surface area (Å²) >= 11 is 0. The molecule has 7 heteroatoms. The van der Waals surface area contributed by atoms with Crippen LogP contribution in [-0.2, 0) is 16.3 Å². The highest BCUT2D eigenvalue weighted by Gasteiger charge is 2.20. The average Bonchev–Trinajstić information content (AvgIpc) is 2.45. The molecule has 0 spiro atoms. The van der Waals surface area contributed by atoms with Crippen LogP contribution in [0.5, 0.6) is 0 Å². The first-order chi connectivity index (χ1) is 9.92. The molecule has 0 aliphatic carbocycles. The van der Waals surface area contributed by atoms with Gasteiger partial charge in [0, 0.05) is 11.6 Å². The number of para-hydroxylation sites is 2. The number of aryl methyl sites for hydroxylation is 1. The van der Waals surface area contributed by atoms with Gasteiger partial charge in [-0.25, -0.2) is 8.42 Å². The summed E-state index contributed by atoms with van der Waals surface area (Å²) in [5.41, 5.74) is 6.16. The number of nitrogen functional groups attached to an aromatic ring is 1. The van der Waals surface area contributed by atoms with Crippen LogP contribution in [-0.4, -0.2) is 19.1 Å². The normalized spacial score (nSPS) is 11.2. The van der Waals surface area contributed by atoms with E-state index < -0.39 is 14.8 Å². The Morgan fingerprint density at radius 3 is 2.33 bits per heavy atom. The van der Waals surface area contributed by atoms with Crippen molar-refractivity contribution in [2.45, 2.75) is 11.3 Å². The number of benzene rings is 2. The van der Waals surface area contributed by atoms with Crippen molar-refractivity contribution in [2.75, 3.05) is 11.5 Å². The van der Waals surface area contributed by atoms with E-state index in [1.54, 1.807) is 30.3 Å². The van der Waals surface area contributed by atoms with Crippen LogP contribution in [0.3, 0.4) is 0 Å². The molecule has 0 unspecified atom stereocenters. The van der Waals surface area contributed by atoms with Crippen LogP contribution < -0.4 is 5.73 Å². The molecule has 0 fully saturated rings. The molecule has 2 rings (SSSR count). The van der Waals surface area contributed by atoms with Gasteiger partial charge in [-0.2, -0.15) is 0 Å². The minimum Gasteiger partial charge on any atom is -0.398 e. The third-order valence-electron chi connectivity index (χ3n) is 3.08. The molecular weight excluding hydrogens is 292 g/mol. The number of nitrogens with zero attached hydrogens (tertiary/aromatic N) is 1. The minimum absolute atomic E-state index is 0.0589. The second-order valence-corrected chi connectivity index (χ2v) is 6.57. The van der Waals surface area contributed by atoms with Crippen LogP contribution in [0.15, 0.2) is 53.4 Å². The van der Waals surface area contributed by atoms with Crippen molar-refractivity contribution in [3.8, 4) is 0 Å². The Morgan fingerprint density at radius 2 is 1.67 bits per heavy atom. The third kappa shape index (κ3) is 3.38. The zero-order chi connectivity index (χ0) is 15.5. The van der Waals surface area contributed by atoms with E-state index in [2.05, 4.69) is 0 Å². The topological polar surface area (TPSA) is 103 Å². The van der Waals surface area contributed by atoms with E-state index in [0.717, 1.165) is 0 Å². The Bertz CT molecular complexity index is 772. The molecule has 0 aromatic heterocycles. The lowest BCUT2D eigenvalue weighted by molar-refractivity contribution is -0.385. The van der Waals surface area contributed by atoms with Gasteiger partial charge in [0.2, 0.25) is 0 Å². The Kier molecular flexibility index (Phi) is 4.23. The van der Waals surface area contributed by atoms with E-state index in [1.807, 2.05) is 0 Å². The van der Waals surface area contributed by atoms with E-state index in [0.29, 0.717) is 5.56 Å². The van der Waals surface area contributed by atoms with E-state index in [-0.39, 0.29) is 28.4 Å². The Morgan fingerprint density at radius 1 is 1.05 bits per heavy atom. The predicted molar refractivity (Wildman–Crippen MR) is 79.7 cm³/mol. The average molecular weight is 306 g/mol. The molecule has 2 aromatic rings. The summed E-state index contributed by atoms with van der Waals surface area (Å²) in [5.74, 6) is -0.230. The van der Waals surface area contributed by atoms with E-state index in [1.165, 1.54) is 18.2 Å². The first-order valence-corrected chi connectivity index (χ1v) is 7.86. The van der Waals surface area contributed by atoms with Gasteiger partial charge < -0.3 is 5.73 Å². The minimum atomic E-state index is -3.58. The number of hydrogen-bond donors (Lipinski definition) is 1. The van der Waals surface area contributed by atoms with Gasteiger partial charge in [-0.3, -0.25) is 10.1 Å². The first kappa shape index (κ1) is 15.0. The lowest BCUT2D eigenvalue weighted by Gasteiger charge is -2.07. The Balaban J connectivity index is 2.24. The SMILES string of the molecule is Nc1ccccc1S(=O)(=O)CCc1ccccc1[N+](=O)[O-]. The number of sulfone groups is 1. The van der Waals surface area contributed by atoms with Crippen LogP contribution in [0, 0.1) is 10.1 Å². The van der Waals surface area contributed by atoms with Crippen molar-refractivity contribution in [1.29, 1.82) is 0 Å². The molecule has 0 aliphatic rings. The zero-order valence-electron chi connectivity index (χ0n) is 11.1. The Labute approximate surface area is 122 Å². The van der Waals surface area contributed by atoms with Crippen molar-refractivity contribution >= 4 is 21.2 Å². The fraction of sp³-hybridized carbons (Fsp3) is 0.143. The fourth-order valence-electron chi connectivity index (χ4n) is 2.02. The molecule has 0 radical (unpaired) electrons. The summed E-state index contributed by atoms with van der Waals surface area (Å²) < 4.78 is 24.5. The Hall–Kier alpha value is -2.41. The van der Waals surface area contributed by atoms with Crippen molar-refractivity contribution in [1.82, 2.24) is 0 Å². The predicted octanol–water partition coefficient (Wildman–Crippen LogP) is 2.19. The van der Waals surface area contributed by atoms with Gasteiger partial charge in [0.05, 0.1) is 21.3 Å². The summed E-state index contributed by atoms with van der Waals surface area (Å²) in [5, 5.41) is 10.9. The second-order valence-electron chi connectivity index (χ2n) is 4.49. The van der Waals surface area contributed by atoms with Gasteiger partial charge in [-0.1, -0.05) is 30.3 Å². The maximum absolute atomic E-state index is 12.3. The van der Waals surface area contributed by atoms with Crippen LogP contribution in [0.1, 0.15) is 5.56 Å². The fourth-order valence-corrected chi connectivity index (χ4v) is 3.44. The van der Waals surface area contributed by atoms with Gasteiger partial charge >= 0.3 is 0 Å². The quantitative estimate of drug-likeness (QED) is 0.518. The second kappa shape index (κ2) is 5.92. The van der Waals surface area contributed by atoms with Gasteiger partial charge in [0.15, 0.2) is 9.84 Å². The van der Waals surface area contributed by atoms with Gasteiger partial charge in [0.25, 0.3) is 5.69 Å². The highest BCUT2D eigenvalue weighted by molar-refractivity contribution is 7.91. The summed E-state index contributed by atoms with van der Waals surface area (Å²) in [7, 11) is -3.58. The largest absolute Gasteiger partial charge is 0.398 e. The standard InChI is InChI=1S/C14H14N2O4S/c15-12-6-2-4-8-14(12)21(19,20)10-9-11-5-1-3-7-13(11)16(17)18/h1-8H,9-10,15H2. The molecule has 0 aliphatic heterocycles. The number of nitro benzene ring substituents is 1. The zero-order valence-corrected chi connectivity index (χ0v) is 11.9. The van der Waals surface area contributed by atoms with Gasteiger partial charge in [-0.05, 0) is 18.6 Å². The number of anilines is 1. The summed E-state index contributed by atoms with van der Waals surface area (Å²) in [6, 6.07) is 12.3. The maximum atomic E-state index is 12.3. The van der Waals surface area contributed by atoms with Crippen LogP contribution >= 0.6 is 0 Å². The number of rotatable bonds is 5. The molecule has 0 bridgehead atoms. The maximum Gasteiger partial charge on any atom is 0.272 e. The molecule has 110 valence electrons. The van der Waals surface area contributed by atoms with Crippen molar-refractivity contribution < 1.29 is 13.3 Å². The molecule has 2 N–H and O–H groups in total. The van der Waals surface area contributed by atoms with Crippen molar-refractivity contribution in [3.05, 3.63) is 64.2 Å². The van der Waals surface area contributed by atoms with Crippen molar-refractivity contribution in [3.63, 3.8) is 0 Å². The highest BCUT2D eigenvalue weighted by atomic mass is 32.2. The monoisotopic (exact) mass is 306 g/mol. The summed E-state index contributed by atoms with van der Waals surface area (Å²) in [4.78, 5) is 10.5. The molecule has 0 saturated heterocycles. The number of hydrogen-bond acceptors (Lipinski definition) is 5. The molecule has 2 aromatic carbocycles. The van der Waals surface area contributed by atoms with E-state index in [9.17, 15) is 18.5 Å².